The quantitative estimate of drug-likeness (QED) is 0.473. The molecule has 0 saturated carbocycles. The Kier molecular flexibility index (Phi) is 5.80. The highest BCUT2D eigenvalue weighted by atomic mass is 16.5. The van der Waals surface area contributed by atoms with E-state index in [-0.39, 0.29) is 17.5 Å². The molecule has 0 radical (unpaired) electrons. The van der Waals surface area contributed by atoms with Gasteiger partial charge in [0.1, 0.15) is 5.69 Å². The van der Waals surface area contributed by atoms with E-state index in [0.29, 0.717) is 36.6 Å². The number of fused-ring (bicyclic) bond motifs is 1. The molecular formula is C18H22N6O3. The summed E-state index contributed by atoms with van der Waals surface area (Å²) < 4.78 is 12.3. The zero-order valence-electron chi connectivity index (χ0n) is 15.4. The molecule has 0 aliphatic carbocycles. The normalized spacial score (nSPS) is 10.9. The second-order valence-corrected chi connectivity index (χ2v) is 5.87. The number of hydrogen-bond donors (Lipinski definition) is 1. The van der Waals surface area contributed by atoms with Crippen molar-refractivity contribution in [1.82, 2.24) is 24.5 Å². The molecule has 0 atom stereocenters. The Balaban J connectivity index is 1.86. The summed E-state index contributed by atoms with van der Waals surface area (Å²) in [5.74, 6) is -0.188. The second-order valence-electron chi connectivity index (χ2n) is 5.87. The van der Waals surface area contributed by atoms with E-state index in [2.05, 4.69) is 26.9 Å². The Labute approximate surface area is 156 Å². The summed E-state index contributed by atoms with van der Waals surface area (Å²) in [5.41, 5.74) is 7.97. The van der Waals surface area contributed by atoms with E-state index >= 15 is 0 Å². The van der Waals surface area contributed by atoms with Crippen LogP contribution in [0.1, 0.15) is 42.9 Å². The van der Waals surface area contributed by atoms with Crippen molar-refractivity contribution in [3.05, 3.63) is 35.9 Å². The molecule has 0 fully saturated rings. The number of esters is 1. The number of imidazole rings is 1. The maximum absolute atomic E-state index is 11.9. The van der Waals surface area contributed by atoms with Gasteiger partial charge in [-0.2, -0.15) is 9.97 Å². The maximum atomic E-state index is 11.9. The zero-order chi connectivity index (χ0) is 19.2. The van der Waals surface area contributed by atoms with E-state index in [1.807, 2.05) is 6.07 Å². The molecule has 0 unspecified atom stereocenters. The zero-order valence-corrected chi connectivity index (χ0v) is 15.4. The lowest BCUT2D eigenvalue weighted by molar-refractivity contribution is 0.0519. The number of rotatable bonds is 8. The molecule has 3 heterocycles. The summed E-state index contributed by atoms with van der Waals surface area (Å²) in [4.78, 5) is 29.1. The Hall–Kier alpha value is -3.23. The molecule has 9 heteroatoms. The van der Waals surface area contributed by atoms with Crippen molar-refractivity contribution in [2.45, 2.75) is 33.2 Å². The van der Waals surface area contributed by atoms with Gasteiger partial charge in [0.15, 0.2) is 17.0 Å². The van der Waals surface area contributed by atoms with Crippen LogP contribution in [0.25, 0.3) is 11.2 Å². The minimum Gasteiger partial charge on any atom is -0.463 e. The van der Waals surface area contributed by atoms with Crippen LogP contribution < -0.4 is 10.5 Å². The van der Waals surface area contributed by atoms with Crippen molar-refractivity contribution >= 4 is 23.0 Å². The largest absolute Gasteiger partial charge is 0.463 e. The number of nitrogens with zero attached hydrogens (tertiary/aromatic N) is 5. The van der Waals surface area contributed by atoms with Gasteiger partial charge in [-0.3, -0.25) is 0 Å². The van der Waals surface area contributed by atoms with E-state index in [0.717, 1.165) is 12.8 Å². The molecule has 3 aromatic heterocycles. The number of aromatic nitrogens is 5. The highest BCUT2D eigenvalue weighted by Crippen LogP contribution is 2.20. The van der Waals surface area contributed by atoms with E-state index in [1.165, 1.54) is 0 Å². The SMILES string of the molecule is CCCCOc1nc(N)c2ncn(Cc3cccc(C(=O)OCC)n3)c2n1. The molecule has 3 aromatic rings. The van der Waals surface area contributed by atoms with Gasteiger partial charge in [0.05, 0.1) is 31.8 Å². The highest BCUT2D eigenvalue weighted by Gasteiger charge is 2.14. The number of hydrogen-bond acceptors (Lipinski definition) is 8. The Morgan fingerprint density at radius 1 is 1.22 bits per heavy atom. The molecule has 0 aromatic carbocycles. The van der Waals surface area contributed by atoms with Crippen molar-refractivity contribution in [1.29, 1.82) is 0 Å². The molecular weight excluding hydrogens is 348 g/mol. The van der Waals surface area contributed by atoms with Gasteiger partial charge in [-0.05, 0) is 25.5 Å². The van der Waals surface area contributed by atoms with Gasteiger partial charge in [-0.25, -0.2) is 14.8 Å². The molecule has 9 nitrogen and oxygen atoms in total. The highest BCUT2D eigenvalue weighted by molar-refractivity contribution is 5.87. The number of ether oxygens (including phenoxy) is 2. The van der Waals surface area contributed by atoms with Gasteiger partial charge in [0.2, 0.25) is 0 Å². The topological polar surface area (TPSA) is 118 Å². The monoisotopic (exact) mass is 370 g/mol. The van der Waals surface area contributed by atoms with E-state index < -0.39 is 5.97 Å². The molecule has 3 rings (SSSR count). The van der Waals surface area contributed by atoms with E-state index in [9.17, 15) is 4.79 Å². The fourth-order valence-electron chi connectivity index (χ4n) is 2.49. The van der Waals surface area contributed by atoms with Crippen LogP contribution >= 0.6 is 0 Å². The first-order valence-corrected chi connectivity index (χ1v) is 8.86. The van der Waals surface area contributed by atoms with Crippen LogP contribution in [0.5, 0.6) is 6.01 Å². The number of unbranched alkanes of at least 4 members (excludes halogenated alkanes) is 1. The van der Waals surface area contributed by atoms with Crippen LogP contribution in [-0.2, 0) is 11.3 Å². The fraction of sp³-hybridized carbons (Fsp3) is 0.389. The Morgan fingerprint density at radius 2 is 2.07 bits per heavy atom. The van der Waals surface area contributed by atoms with Crippen molar-refractivity contribution in [3.63, 3.8) is 0 Å². The van der Waals surface area contributed by atoms with E-state index in [4.69, 9.17) is 15.2 Å². The second kappa shape index (κ2) is 8.43. The number of pyridine rings is 1. The molecule has 27 heavy (non-hydrogen) atoms. The van der Waals surface area contributed by atoms with Crippen LogP contribution in [0.2, 0.25) is 0 Å². The number of anilines is 1. The number of carbonyl (C=O) groups excluding carboxylic acids is 1. The van der Waals surface area contributed by atoms with Gasteiger partial charge in [0, 0.05) is 0 Å². The summed E-state index contributed by atoms with van der Waals surface area (Å²) >= 11 is 0. The smallest absolute Gasteiger partial charge is 0.356 e. The van der Waals surface area contributed by atoms with Gasteiger partial charge >= 0.3 is 12.0 Å². The van der Waals surface area contributed by atoms with Crippen molar-refractivity contribution in [2.24, 2.45) is 0 Å². The molecule has 0 spiro atoms. The van der Waals surface area contributed by atoms with Crippen LogP contribution in [-0.4, -0.2) is 43.7 Å². The summed E-state index contributed by atoms with van der Waals surface area (Å²) in [6.07, 6.45) is 3.54. The van der Waals surface area contributed by atoms with Gasteiger partial charge in [-0.15, -0.1) is 0 Å². The number of carbonyl (C=O) groups is 1. The third-order valence-corrected chi connectivity index (χ3v) is 3.82. The molecule has 2 N–H and O–H groups in total. The average molecular weight is 370 g/mol. The molecule has 0 amide bonds. The van der Waals surface area contributed by atoms with E-state index in [1.54, 1.807) is 30.0 Å². The lowest BCUT2D eigenvalue weighted by atomic mass is 10.3. The van der Waals surface area contributed by atoms with Crippen molar-refractivity contribution < 1.29 is 14.3 Å². The predicted molar refractivity (Wildman–Crippen MR) is 99.4 cm³/mol. The van der Waals surface area contributed by atoms with Crippen LogP contribution in [0.15, 0.2) is 24.5 Å². The number of nitrogen functional groups attached to an aromatic ring is 1. The Morgan fingerprint density at radius 3 is 2.85 bits per heavy atom. The maximum Gasteiger partial charge on any atom is 0.356 e. The molecule has 0 saturated heterocycles. The first-order valence-electron chi connectivity index (χ1n) is 8.86. The predicted octanol–water partition coefficient (Wildman–Crippen LogP) is 2.21. The summed E-state index contributed by atoms with van der Waals surface area (Å²) in [5, 5.41) is 0. The minimum absolute atomic E-state index is 0.225. The standard InChI is InChI=1S/C18H22N6O3/c1-3-5-9-27-18-22-15(19)14-16(23-18)24(11-20-14)10-12-7-6-8-13(21-12)17(25)26-4-2/h6-8,11H,3-5,9-10H2,1-2H3,(H2,19,22,23). The molecule has 0 bridgehead atoms. The first kappa shape index (κ1) is 18.6. The number of nitrogens with two attached hydrogens (primary N) is 1. The lowest BCUT2D eigenvalue weighted by Crippen LogP contribution is -2.10. The van der Waals surface area contributed by atoms with Crippen LogP contribution in [0, 0.1) is 0 Å². The minimum atomic E-state index is -0.451. The van der Waals surface area contributed by atoms with Gasteiger partial charge in [-0.1, -0.05) is 19.4 Å². The molecule has 0 aliphatic rings. The molecule has 142 valence electrons. The van der Waals surface area contributed by atoms with Gasteiger partial charge < -0.3 is 19.8 Å². The van der Waals surface area contributed by atoms with Crippen LogP contribution in [0.3, 0.4) is 0 Å². The lowest BCUT2D eigenvalue weighted by Gasteiger charge is -2.08. The van der Waals surface area contributed by atoms with Crippen LogP contribution in [0.4, 0.5) is 5.82 Å². The third-order valence-electron chi connectivity index (χ3n) is 3.82. The average Bonchev–Trinajstić information content (AvgIpc) is 3.06. The van der Waals surface area contributed by atoms with Gasteiger partial charge in [0.25, 0.3) is 0 Å². The summed E-state index contributed by atoms with van der Waals surface area (Å²) in [6, 6.07) is 5.42. The summed E-state index contributed by atoms with van der Waals surface area (Å²) in [6.45, 7) is 5.03. The molecule has 0 aliphatic heterocycles. The van der Waals surface area contributed by atoms with Crippen molar-refractivity contribution in [2.75, 3.05) is 18.9 Å². The fourth-order valence-corrected chi connectivity index (χ4v) is 2.49. The third kappa shape index (κ3) is 4.30. The van der Waals surface area contributed by atoms with Crippen molar-refractivity contribution in [3.8, 4) is 6.01 Å². The summed E-state index contributed by atoms with van der Waals surface area (Å²) in [7, 11) is 0. The Bertz CT molecular complexity index is 940. The first-order chi connectivity index (χ1) is 13.1.